The van der Waals surface area contributed by atoms with E-state index in [2.05, 4.69) is 147 Å². The molecule has 7 aromatic carbocycles. The number of furan rings is 1. The van der Waals surface area contributed by atoms with E-state index in [1.807, 2.05) is 18.2 Å². The quantitative estimate of drug-likeness (QED) is 0.186. The van der Waals surface area contributed by atoms with Crippen LogP contribution < -0.4 is 0 Å². The first-order valence-corrected chi connectivity index (χ1v) is 15.7. The fourth-order valence-corrected chi connectivity index (χ4v) is 7.57. The van der Waals surface area contributed by atoms with Crippen LogP contribution in [0.15, 0.2) is 156 Å². The normalized spacial score (nSPS) is 11.8. The zero-order valence-electron chi connectivity index (χ0n) is 25.2. The standard InChI is InChI=1S/C43H25N3O/c1-44-35-19-9-17-31-32-18-11-23-40(43(32)47-42(31)35)46-37-21-8-6-15-33(37)41-29(16-10-22-39(41)46)27-24-25-38-34(26-27)30-14-5-7-20-36(30)45(38)28-12-3-2-4-13-28/h2-26H. The van der Waals surface area contributed by atoms with Crippen molar-refractivity contribution in [3.63, 3.8) is 0 Å². The Bertz CT molecular complexity index is 2910. The van der Waals surface area contributed by atoms with Gasteiger partial charge in [0.15, 0.2) is 5.58 Å². The molecule has 0 bridgehead atoms. The van der Waals surface area contributed by atoms with E-state index in [1.54, 1.807) is 0 Å². The molecule has 0 saturated heterocycles. The van der Waals surface area contributed by atoms with Gasteiger partial charge in [-0.3, -0.25) is 0 Å². The molecule has 3 aromatic heterocycles. The van der Waals surface area contributed by atoms with Crippen molar-refractivity contribution < 1.29 is 4.42 Å². The molecule has 4 heteroatoms. The SMILES string of the molecule is [C-]#[N+]c1cccc2c1oc1c(-n3c4ccccc4c4c(-c5ccc6c(c5)c5ccccc5n6-c5ccccc5)cccc43)cccc12. The Labute approximate surface area is 269 Å². The Morgan fingerprint density at radius 1 is 0.468 bits per heavy atom. The third-order valence-electron chi connectivity index (χ3n) is 9.54. The lowest BCUT2D eigenvalue weighted by molar-refractivity contribution is 0.668. The Kier molecular flexibility index (Phi) is 5.32. The minimum atomic E-state index is 0.526. The molecule has 0 aliphatic carbocycles. The second kappa shape index (κ2) is 9.71. The number of benzene rings is 7. The maximum atomic E-state index is 7.71. The van der Waals surface area contributed by atoms with Crippen LogP contribution in [0.25, 0.3) is 92.9 Å². The van der Waals surface area contributed by atoms with Crippen molar-refractivity contribution in [2.24, 2.45) is 0 Å². The van der Waals surface area contributed by atoms with E-state index in [0.29, 0.717) is 11.3 Å². The molecule has 10 aromatic rings. The average Bonchev–Trinajstić information content (AvgIpc) is 3.79. The van der Waals surface area contributed by atoms with Gasteiger partial charge in [0, 0.05) is 38.0 Å². The topological polar surface area (TPSA) is 27.4 Å². The molecular weight excluding hydrogens is 574 g/mol. The first kappa shape index (κ1) is 25.7. The van der Waals surface area contributed by atoms with E-state index < -0.39 is 0 Å². The van der Waals surface area contributed by atoms with Gasteiger partial charge in [-0.2, -0.15) is 0 Å². The van der Waals surface area contributed by atoms with Gasteiger partial charge >= 0.3 is 0 Å². The summed E-state index contributed by atoms with van der Waals surface area (Å²) in [5.74, 6) is 0. The second-order valence-electron chi connectivity index (χ2n) is 12.0. The highest BCUT2D eigenvalue weighted by Gasteiger charge is 2.21. The minimum absolute atomic E-state index is 0.526. The molecule has 0 aliphatic heterocycles. The van der Waals surface area contributed by atoms with Crippen molar-refractivity contribution in [3.8, 4) is 22.5 Å². The highest BCUT2D eigenvalue weighted by atomic mass is 16.3. The summed E-state index contributed by atoms with van der Waals surface area (Å²) in [7, 11) is 0. The van der Waals surface area contributed by atoms with Crippen LogP contribution in [-0.4, -0.2) is 9.13 Å². The van der Waals surface area contributed by atoms with Crippen LogP contribution in [-0.2, 0) is 0 Å². The van der Waals surface area contributed by atoms with Gasteiger partial charge in [-0.05, 0) is 59.7 Å². The molecule has 0 unspecified atom stereocenters. The van der Waals surface area contributed by atoms with Crippen molar-refractivity contribution >= 4 is 71.2 Å². The summed E-state index contributed by atoms with van der Waals surface area (Å²) in [6.45, 7) is 7.71. The number of rotatable bonds is 3. The first-order valence-electron chi connectivity index (χ1n) is 15.7. The number of fused-ring (bicyclic) bond motifs is 9. The van der Waals surface area contributed by atoms with Crippen LogP contribution in [0.5, 0.6) is 0 Å². The predicted molar refractivity (Wildman–Crippen MR) is 194 cm³/mol. The van der Waals surface area contributed by atoms with Gasteiger partial charge in [0.1, 0.15) is 5.58 Å². The molecule has 47 heavy (non-hydrogen) atoms. The van der Waals surface area contributed by atoms with Gasteiger partial charge in [-0.15, -0.1) is 0 Å². The number of para-hydroxylation sites is 5. The highest BCUT2D eigenvalue weighted by molar-refractivity contribution is 6.19. The largest absolute Gasteiger partial charge is 0.465 e. The Balaban J connectivity index is 1.26. The van der Waals surface area contributed by atoms with Crippen LogP contribution in [0, 0.1) is 6.57 Å². The third kappa shape index (κ3) is 3.57. The molecule has 0 atom stereocenters. The van der Waals surface area contributed by atoms with Gasteiger partial charge in [-0.25, -0.2) is 4.85 Å². The maximum absolute atomic E-state index is 7.71. The van der Waals surface area contributed by atoms with Crippen LogP contribution in [0.3, 0.4) is 0 Å². The van der Waals surface area contributed by atoms with Gasteiger partial charge in [-0.1, -0.05) is 103 Å². The fourth-order valence-electron chi connectivity index (χ4n) is 7.57. The lowest BCUT2D eigenvalue weighted by Gasteiger charge is -2.10. The van der Waals surface area contributed by atoms with Crippen LogP contribution in [0.2, 0.25) is 0 Å². The average molecular weight is 600 g/mol. The minimum Gasteiger partial charge on any atom is -0.465 e. The first-order chi connectivity index (χ1) is 23.3. The van der Waals surface area contributed by atoms with E-state index in [4.69, 9.17) is 11.0 Å². The van der Waals surface area contributed by atoms with Crippen molar-refractivity contribution in [2.45, 2.75) is 0 Å². The molecule has 218 valence electrons. The summed E-state index contributed by atoms with van der Waals surface area (Å²) in [4.78, 5) is 3.74. The maximum Gasteiger partial charge on any atom is 0.229 e. The molecule has 3 heterocycles. The number of hydrogen-bond donors (Lipinski definition) is 0. The Morgan fingerprint density at radius 3 is 1.94 bits per heavy atom. The van der Waals surface area contributed by atoms with E-state index in [1.165, 1.54) is 43.7 Å². The summed E-state index contributed by atoms with van der Waals surface area (Å²) < 4.78 is 11.2. The summed E-state index contributed by atoms with van der Waals surface area (Å²) in [5, 5.41) is 6.80. The summed E-state index contributed by atoms with van der Waals surface area (Å²) in [6.07, 6.45) is 0. The van der Waals surface area contributed by atoms with E-state index in [9.17, 15) is 0 Å². The van der Waals surface area contributed by atoms with Crippen LogP contribution in [0.1, 0.15) is 0 Å². The van der Waals surface area contributed by atoms with E-state index in [-0.39, 0.29) is 0 Å². The number of aromatic nitrogens is 2. The second-order valence-corrected chi connectivity index (χ2v) is 12.0. The van der Waals surface area contributed by atoms with Gasteiger partial charge < -0.3 is 13.6 Å². The van der Waals surface area contributed by atoms with Gasteiger partial charge in [0.05, 0.1) is 34.3 Å². The molecule has 10 rings (SSSR count). The Hall–Kier alpha value is -6.57. The third-order valence-corrected chi connectivity index (χ3v) is 9.54. The Morgan fingerprint density at radius 2 is 1.11 bits per heavy atom. The zero-order valence-corrected chi connectivity index (χ0v) is 25.2. The van der Waals surface area contributed by atoms with Gasteiger partial charge in [0.2, 0.25) is 5.69 Å². The predicted octanol–water partition coefficient (Wildman–Crippen LogP) is 12.0. The van der Waals surface area contributed by atoms with Crippen molar-refractivity contribution in [2.75, 3.05) is 0 Å². The molecule has 0 aliphatic rings. The molecular formula is C43H25N3O. The molecule has 4 nitrogen and oxygen atoms in total. The number of hydrogen-bond acceptors (Lipinski definition) is 1. The fraction of sp³-hybridized carbons (Fsp3) is 0. The van der Waals surface area contributed by atoms with Crippen LogP contribution >= 0.6 is 0 Å². The van der Waals surface area contributed by atoms with E-state index >= 15 is 0 Å². The van der Waals surface area contributed by atoms with E-state index in [0.717, 1.165) is 38.8 Å². The smallest absolute Gasteiger partial charge is 0.229 e. The summed E-state index contributed by atoms with van der Waals surface area (Å²) >= 11 is 0. The van der Waals surface area contributed by atoms with Crippen molar-refractivity contribution in [1.82, 2.24) is 9.13 Å². The van der Waals surface area contributed by atoms with Crippen LogP contribution in [0.4, 0.5) is 5.69 Å². The molecule has 0 saturated carbocycles. The summed E-state index contributed by atoms with van der Waals surface area (Å²) in [6, 6.07) is 53.4. The molecule has 0 amide bonds. The van der Waals surface area contributed by atoms with Gasteiger partial charge in [0.25, 0.3) is 0 Å². The molecule has 0 N–H and O–H groups in total. The molecule has 0 fully saturated rings. The lowest BCUT2D eigenvalue weighted by atomic mass is 9.98. The van der Waals surface area contributed by atoms with Crippen molar-refractivity contribution in [3.05, 3.63) is 163 Å². The monoisotopic (exact) mass is 599 g/mol. The van der Waals surface area contributed by atoms with Crippen molar-refractivity contribution in [1.29, 1.82) is 0 Å². The highest BCUT2D eigenvalue weighted by Crippen LogP contribution is 2.43. The lowest BCUT2D eigenvalue weighted by Crippen LogP contribution is -1.94. The number of nitrogens with zero attached hydrogens (tertiary/aromatic N) is 3. The molecule has 0 radical (unpaired) electrons. The zero-order chi connectivity index (χ0) is 31.1. The summed E-state index contributed by atoms with van der Waals surface area (Å²) in [5.41, 5.74) is 11.0. The molecule has 0 spiro atoms.